The zero-order valence-corrected chi connectivity index (χ0v) is 14.8. The molecule has 1 heterocycles. The molecule has 3 rings (SSSR count). The molecule has 2 N–H and O–H groups in total. The summed E-state index contributed by atoms with van der Waals surface area (Å²) < 4.78 is 26.7. The average Bonchev–Trinajstić information content (AvgIpc) is 3.04. The normalized spacial score (nSPS) is 18.4. The number of aliphatic hydroxyl groups excluding tert-OH is 1. The fourth-order valence-electron chi connectivity index (χ4n) is 3.36. The number of hydroxylamine groups is 2. The van der Waals surface area contributed by atoms with Gasteiger partial charge >= 0.3 is 0 Å². The molecule has 144 valence electrons. The van der Waals surface area contributed by atoms with Crippen molar-refractivity contribution < 1.29 is 23.9 Å². The van der Waals surface area contributed by atoms with E-state index in [4.69, 9.17) is 0 Å². The lowest BCUT2D eigenvalue weighted by Gasteiger charge is -2.30. The third-order valence-electron chi connectivity index (χ3n) is 4.69. The van der Waals surface area contributed by atoms with E-state index >= 15 is 0 Å². The van der Waals surface area contributed by atoms with Crippen LogP contribution in [0.5, 0.6) is 0 Å². The summed E-state index contributed by atoms with van der Waals surface area (Å²) in [6.07, 6.45) is -0.0971. The summed E-state index contributed by atoms with van der Waals surface area (Å²) in [5, 5.41) is 20.9. The number of carbonyl (C=O) groups is 1. The van der Waals surface area contributed by atoms with Crippen LogP contribution in [0.2, 0.25) is 0 Å². The van der Waals surface area contributed by atoms with E-state index in [9.17, 15) is 23.9 Å². The number of aliphatic hydroxyl groups is 1. The molecular weight excluding hydrogens is 354 g/mol. The third kappa shape index (κ3) is 5.09. The molecule has 27 heavy (non-hydrogen) atoms. The minimum atomic E-state index is -0.770. The smallest absolute Gasteiger partial charge is 0.250 e. The Kier molecular flexibility index (Phi) is 6.15. The van der Waals surface area contributed by atoms with Crippen LogP contribution in [0.3, 0.4) is 0 Å². The van der Waals surface area contributed by atoms with Gasteiger partial charge in [-0.15, -0.1) is 0 Å². The Morgan fingerprint density at radius 2 is 1.85 bits per heavy atom. The Balaban J connectivity index is 1.76. The van der Waals surface area contributed by atoms with Crippen LogP contribution in [0.25, 0.3) is 0 Å². The summed E-state index contributed by atoms with van der Waals surface area (Å²) in [4.78, 5) is 14.5. The monoisotopic (exact) mass is 376 g/mol. The number of likely N-dealkylation sites (tertiary alicyclic amines) is 1. The van der Waals surface area contributed by atoms with Gasteiger partial charge in [-0.3, -0.25) is 14.9 Å². The number of β-amino-alcohol motifs (C(OH)–C–C–N with tert-alkyl or cyclic N) is 1. The largest absolute Gasteiger partial charge is 0.392 e. The second-order valence-electron chi connectivity index (χ2n) is 6.82. The van der Waals surface area contributed by atoms with Crippen LogP contribution < -0.4 is 0 Å². The molecule has 1 amide bonds. The summed E-state index contributed by atoms with van der Waals surface area (Å²) in [5.74, 6) is -2.20. The van der Waals surface area contributed by atoms with Gasteiger partial charge in [-0.25, -0.2) is 13.8 Å². The zero-order valence-electron chi connectivity index (χ0n) is 14.8. The standard InChI is InChI=1S/C20H22F2N2O3/c21-16-8-14(9-17(22)11-16)10-20(26)24(27)19(15-4-2-1-3-5-15)13-23-7-6-18(25)12-23/h1-5,8-9,11,18-19,25,27H,6-7,10,12-13H2. The molecule has 2 aromatic carbocycles. The van der Waals surface area contributed by atoms with Crippen molar-refractivity contribution in [1.29, 1.82) is 0 Å². The highest BCUT2D eigenvalue weighted by Crippen LogP contribution is 2.24. The Morgan fingerprint density at radius 3 is 2.44 bits per heavy atom. The lowest BCUT2D eigenvalue weighted by Crippen LogP contribution is -2.40. The summed E-state index contributed by atoms with van der Waals surface area (Å²) in [7, 11) is 0. The van der Waals surface area contributed by atoms with Gasteiger partial charge in [0.25, 0.3) is 5.91 Å². The van der Waals surface area contributed by atoms with Crippen molar-refractivity contribution in [3.8, 4) is 0 Å². The molecule has 2 atom stereocenters. The Bertz CT molecular complexity index is 768. The predicted octanol–water partition coefficient (Wildman–Crippen LogP) is 2.53. The van der Waals surface area contributed by atoms with Crippen molar-refractivity contribution in [2.24, 2.45) is 0 Å². The van der Waals surface area contributed by atoms with Gasteiger partial charge in [0.05, 0.1) is 18.6 Å². The van der Waals surface area contributed by atoms with Crippen molar-refractivity contribution in [2.45, 2.75) is 25.0 Å². The maximum absolute atomic E-state index is 13.4. The van der Waals surface area contributed by atoms with Crippen LogP contribution in [0.4, 0.5) is 8.78 Å². The minimum absolute atomic E-state index is 0.153. The number of hydrogen-bond donors (Lipinski definition) is 2. The number of rotatable bonds is 6. The molecule has 7 heteroatoms. The second kappa shape index (κ2) is 8.56. The van der Waals surface area contributed by atoms with Gasteiger partial charge in [-0.1, -0.05) is 30.3 Å². The summed E-state index contributed by atoms with van der Waals surface area (Å²) in [6, 6.07) is 11.3. The second-order valence-corrected chi connectivity index (χ2v) is 6.82. The first-order valence-electron chi connectivity index (χ1n) is 8.83. The number of carbonyl (C=O) groups excluding carboxylic acids is 1. The van der Waals surface area contributed by atoms with Crippen LogP contribution >= 0.6 is 0 Å². The quantitative estimate of drug-likeness (QED) is 0.601. The average molecular weight is 376 g/mol. The zero-order chi connectivity index (χ0) is 19.4. The molecule has 0 aromatic heterocycles. The van der Waals surface area contributed by atoms with E-state index in [0.717, 1.165) is 23.8 Å². The highest BCUT2D eigenvalue weighted by molar-refractivity contribution is 5.78. The number of halogens is 2. The fraction of sp³-hybridized carbons (Fsp3) is 0.350. The first-order valence-corrected chi connectivity index (χ1v) is 8.83. The molecule has 0 bridgehead atoms. The molecule has 0 spiro atoms. The van der Waals surface area contributed by atoms with Crippen molar-refractivity contribution >= 4 is 5.91 Å². The first-order chi connectivity index (χ1) is 12.9. The van der Waals surface area contributed by atoms with E-state index in [2.05, 4.69) is 0 Å². The number of nitrogens with zero attached hydrogens (tertiary/aromatic N) is 2. The van der Waals surface area contributed by atoms with E-state index in [0.29, 0.717) is 31.1 Å². The minimum Gasteiger partial charge on any atom is -0.392 e. The highest BCUT2D eigenvalue weighted by Gasteiger charge is 2.29. The van der Waals surface area contributed by atoms with Crippen LogP contribution in [-0.4, -0.2) is 51.9 Å². The maximum Gasteiger partial charge on any atom is 0.250 e. The Morgan fingerprint density at radius 1 is 1.19 bits per heavy atom. The predicted molar refractivity (Wildman–Crippen MR) is 94.9 cm³/mol. The molecule has 1 aliphatic heterocycles. The van der Waals surface area contributed by atoms with E-state index in [-0.39, 0.29) is 12.0 Å². The van der Waals surface area contributed by atoms with Gasteiger partial charge in [-0.05, 0) is 29.7 Å². The van der Waals surface area contributed by atoms with Gasteiger partial charge in [0.2, 0.25) is 0 Å². The third-order valence-corrected chi connectivity index (χ3v) is 4.69. The number of hydrogen-bond acceptors (Lipinski definition) is 4. The molecule has 1 aliphatic rings. The van der Waals surface area contributed by atoms with Crippen molar-refractivity contribution in [1.82, 2.24) is 9.96 Å². The Labute approximate surface area is 156 Å². The van der Waals surface area contributed by atoms with Crippen LogP contribution in [-0.2, 0) is 11.2 Å². The van der Waals surface area contributed by atoms with Gasteiger partial charge < -0.3 is 5.11 Å². The van der Waals surface area contributed by atoms with E-state index in [1.165, 1.54) is 0 Å². The van der Waals surface area contributed by atoms with Crippen molar-refractivity contribution in [3.63, 3.8) is 0 Å². The molecule has 1 fully saturated rings. The molecule has 1 saturated heterocycles. The van der Waals surface area contributed by atoms with Gasteiger partial charge in [0.15, 0.2) is 0 Å². The van der Waals surface area contributed by atoms with Crippen LogP contribution in [0.15, 0.2) is 48.5 Å². The number of amides is 1. The first kappa shape index (κ1) is 19.4. The lowest BCUT2D eigenvalue weighted by molar-refractivity contribution is -0.177. The van der Waals surface area contributed by atoms with Crippen molar-refractivity contribution in [3.05, 3.63) is 71.3 Å². The number of benzene rings is 2. The topological polar surface area (TPSA) is 64.0 Å². The van der Waals surface area contributed by atoms with Gasteiger partial charge in [0, 0.05) is 25.7 Å². The van der Waals surface area contributed by atoms with Gasteiger partial charge in [-0.2, -0.15) is 0 Å². The van der Waals surface area contributed by atoms with Crippen molar-refractivity contribution in [2.75, 3.05) is 19.6 Å². The highest BCUT2D eigenvalue weighted by atomic mass is 19.1. The molecule has 0 radical (unpaired) electrons. The Hall–Kier alpha value is -2.35. The summed E-state index contributed by atoms with van der Waals surface area (Å²) in [5.41, 5.74) is 0.889. The molecule has 2 unspecified atom stereocenters. The van der Waals surface area contributed by atoms with Crippen LogP contribution in [0, 0.1) is 11.6 Å². The lowest BCUT2D eigenvalue weighted by atomic mass is 10.0. The molecule has 2 aromatic rings. The summed E-state index contributed by atoms with van der Waals surface area (Å²) in [6.45, 7) is 1.49. The molecular formula is C20H22F2N2O3. The van der Waals surface area contributed by atoms with E-state index in [1.54, 1.807) is 24.3 Å². The summed E-state index contributed by atoms with van der Waals surface area (Å²) >= 11 is 0. The van der Waals surface area contributed by atoms with Gasteiger partial charge in [0.1, 0.15) is 11.6 Å². The molecule has 5 nitrogen and oxygen atoms in total. The van der Waals surface area contributed by atoms with E-state index in [1.807, 2.05) is 11.0 Å². The SMILES string of the molecule is O=C(Cc1cc(F)cc(F)c1)N(O)C(CN1CCC(O)C1)c1ccccc1. The molecule has 0 aliphatic carbocycles. The molecule has 0 saturated carbocycles. The van der Waals surface area contributed by atoms with Crippen LogP contribution in [0.1, 0.15) is 23.6 Å². The van der Waals surface area contributed by atoms with E-state index < -0.39 is 29.7 Å². The maximum atomic E-state index is 13.4. The fourth-order valence-corrected chi connectivity index (χ4v) is 3.36.